The van der Waals surface area contributed by atoms with E-state index in [2.05, 4.69) is 10.2 Å². The zero-order valence-corrected chi connectivity index (χ0v) is 13.4. The van der Waals surface area contributed by atoms with Gasteiger partial charge in [-0.3, -0.25) is 4.79 Å². The summed E-state index contributed by atoms with van der Waals surface area (Å²) < 4.78 is 24.9. The summed E-state index contributed by atoms with van der Waals surface area (Å²) in [6, 6.07) is 0. The average molecular weight is 321 g/mol. The topological polar surface area (TPSA) is 102 Å². The molecule has 9 heteroatoms. The van der Waals surface area contributed by atoms with Gasteiger partial charge in [0.25, 0.3) is 0 Å². The summed E-state index contributed by atoms with van der Waals surface area (Å²) >= 11 is 1.05. The second-order valence-corrected chi connectivity index (χ2v) is 7.98. The van der Waals surface area contributed by atoms with Crippen molar-refractivity contribution in [2.24, 2.45) is 0 Å². The Kier molecular flexibility index (Phi) is 6.00. The van der Waals surface area contributed by atoms with Gasteiger partial charge in [-0.15, -0.1) is 10.2 Å². The molecule has 1 heterocycles. The fourth-order valence-corrected chi connectivity index (χ4v) is 2.99. The van der Waals surface area contributed by atoms with Crippen LogP contribution in [0.1, 0.15) is 32.5 Å². The maximum absolute atomic E-state index is 11.6. The summed E-state index contributed by atoms with van der Waals surface area (Å²) in [5, 5.41) is 17.1. The Morgan fingerprint density at radius 2 is 2.05 bits per heavy atom. The van der Waals surface area contributed by atoms with Crippen molar-refractivity contribution in [2.75, 3.05) is 17.3 Å². The molecular weight excluding hydrogens is 302 g/mol. The highest BCUT2D eigenvalue weighted by atomic mass is 32.2. The number of hydrogen-bond acceptors (Lipinski definition) is 6. The zero-order chi connectivity index (χ0) is 15.3. The third-order valence-electron chi connectivity index (χ3n) is 2.65. The van der Waals surface area contributed by atoms with E-state index in [9.17, 15) is 13.2 Å². The Labute approximate surface area is 122 Å². The highest BCUT2D eigenvalue weighted by Gasteiger charge is 2.18. The van der Waals surface area contributed by atoms with Crippen LogP contribution >= 0.6 is 11.8 Å². The Morgan fingerprint density at radius 3 is 2.55 bits per heavy atom. The van der Waals surface area contributed by atoms with Crippen LogP contribution in [0.15, 0.2) is 5.16 Å². The predicted molar refractivity (Wildman–Crippen MR) is 76.8 cm³/mol. The first-order chi connectivity index (χ1) is 9.26. The van der Waals surface area contributed by atoms with E-state index in [0.29, 0.717) is 11.0 Å². The molecule has 0 unspecified atom stereocenters. The van der Waals surface area contributed by atoms with Crippen molar-refractivity contribution in [1.29, 1.82) is 0 Å². The Morgan fingerprint density at radius 1 is 1.40 bits per heavy atom. The summed E-state index contributed by atoms with van der Waals surface area (Å²) in [7, 11) is -3.09. The lowest BCUT2D eigenvalue weighted by Crippen LogP contribution is -2.17. The Balaban J connectivity index is 2.94. The summed E-state index contributed by atoms with van der Waals surface area (Å²) in [6.07, 6.45) is 0. The third kappa shape index (κ3) is 4.78. The van der Waals surface area contributed by atoms with E-state index in [4.69, 9.17) is 5.11 Å². The summed E-state index contributed by atoms with van der Waals surface area (Å²) in [5.74, 6) is -0.227. The van der Waals surface area contributed by atoms with Crippen molar-refractivity contribution in [1.82, 2.24) is 14.8 Å². The highest BCUT2D eigenvalue weighted by molar-refractivity contribution is 7.99. The molecule has 0 spiro atoms. The fourth-order valence-electron chi connectivity index (χ4n) is 1.55. The molecule has 0 fully saturated rings. The van der Waals surface area contributed by atoms with E-state index < -0.39 is 15.8 Å². The molecule has 0 amide bonds. The van der Waals surface area contributed by atoms with Crippen LogP contribution in [0.5, 0.6) is 0 Å². The number of carboxylic acids is 1. The van der Waals surface area contributed by atoms with Gasteiger partial charge < -0.3 is 9.67 Å². The van der Waals surface area contributed by atoms with Gasteiger partial charge in [-0.2, -0.15) is 0 Å². The third-order valence-corrected chi connectivity index (χ3v) is 5.29. The number of nitrogens with zero attached hydrogens (tertiary/aromatic N) is 3. The van der Waals surface area contributed by atoms with Crippen molar-refractivity contribution < 1.29 is 18.3 Å². The summed E-state index contributed by atoms with van der Waals surface area (Å²) in [6.45, 7) is 5.71. The molecule has 114 valence electrons. The molecule has 0 aliphatic rings. The van der Waals surface area contributed by atoms with Gasteiger partial charge in [0.15, 0.2) is 15.0 Å². The molecule has 0 aromatic carbocycles. The van der Waals surface area contributed by atoms with E-state index in [1.807, 2.05) is 13.8 Å². The first-order valence-corrected chi connectivity index (χ1v) is 9.05. The van der Waals surface area contributed by atoms with Gasteiger partial charge in [-0.05, 0) is 0 Å². The minimum Gasteiger partial charge on any atom is -0.481 e. The lowest BCUT2D eigenvalue weighted by molar-refractivity contribution is -0.133. The predicted octanol–water partition coefficient (Wildman–Crippen LogP) is 1.01. The number of aliphatic carboxylic acids is 1. The van der Waals surface area contributed by atoms with Gasteiger partial charge in [0, 0.05) is 18.2 Å². The van der Waals surface area contributed by atoms with Crippen LogP contribution in [0.25, 0.3) is 0 Å². The highest BCUT2D eigenvalue weighted by Crippen LogP contribution is 2.21. The van der Waals surface area contributed by atoms with Gasteiger partial charge in [0.05, 0.1) is 11.5 Å². The van der Waals surface area contributed by atoms with Crippen molar-refractivity contribution >= 4 is 27.6 Å². The molecular formula is C11H19N3O4S2. The number of carboxylic acid groups (broad SMARTS) is 1. The smallest absolute Gasteiger partial charge is 0.313 e. The van der Waals surface area contributed by atoms with Gasteiger partial charge in [-0.25, -0.2) is 8.42 Å². The maximum Gasteiger partial charge on any atom is 0.313 e. The first kappa shape index (κ1) is 17.0. The van der Waals surface area contributed by atoms with Crippen LogP contribution < -0.4 is 0 Å². The van der Waals surface area contributed by atoms with Crippen LogP contribution in [0.2, 0.25) is 0 Å². The lowest BCUT2D eigenvalue weighted by Gasteiger charge is -2.11. The number of rotatable bonds is 8. The summed E-state index contributed by atoms with van der Waals surface area (Å²) in [4.78, 5) is 10.6. The molecule has 1 aromatic rings. The van der Waals surface area contributed by atoms with E-state index in [0.717, 1.165) is 11.8 Å². The van der Waals surface area contributed by atoms with Crippen molar-refractivity contribution in [3.8, 4) is 0 Å². The molecule has 1 aromatic heterocycles. The van der Waals surface area contributed by atoms with Crippen molar-refractivity contribution in [3.63, 3.8) is 0 Å². The van der Waals surface area contributed by atoms with Crippen LogP contribution in [0.4, 0.5) is 0 Å². The first-order valence-electron chi connectivity index (χ1n) is 6.25. The SMILES string of the molecule is CCS(=O)(=O)CCn1c(SCC(=O)O)nnc1C(C)C. The molecule has 0 bridgehead atoms. The van der Waals surface area contributed by atoms with Crippen LogP contribution in [0.3, 0.4) is 0 Å². The van der Waals surface area contributed by atoms with E-state index >= 15 is 0 Å². The molecule has 1 N–H and O–H groups in total. The number of thioether (sulfide) groups is 1. The maximum atomic E-state index is 11.6. The van der Waals surface area contributed by atoms with E-state index in [1.54, 1.807) is 11.5 Å². The fraction of sp³-hybridized carbons (Fsp3) is 0.727. The number of sulfone groups is 1. The van der Waals surface area contributed by atoms with E-state index in [-0.39, 0.29) is 29.7 Å². The number of hydrogen-bond donors (Lipinski definition) is 1. The normalized spacial score (nSPS) is 12.0. The standard InChI is InChI=1S/C11H19N3O4S2/c1-4-20(17,18)6-5-14-10(8(2)3)12-13-11(14)19-7-9(15)16/h8H,4-7H2,1-3H3,(H,15,16). The molecule has 20 heavy (non-hydrogen) atoms. The van der Waals surface area contributed by atoms with Gasteiger partial charge in [-0.1, -0.05) is 32.5 Å². The summed E-state index contributed by atoms with van der Waals surface area (Å²) in [5.41, 5.74) is 0. The molecule has 0 saturated heterocycles. The van der Waals surface area contributed by atoms with Gasteiger partial charge >= 0.3 is 5.97 Å². The monoisotopic (exact) mass is 321 g/mol. The van der Waals surface area contributed by atoms with Crippen molar-refractivity contribution in [2.45, 2.75) is 38.4 Å². The largest absolute Gasteiger partial charge is 0.481 e. The van der Waals surface area contributed by atoms with Crippen LogP contribution in [-0.4, -0.2) is 51.5 Å². The minimum atomic E-state index is -3.09. The average Bonchev–Trinajstić information content (AvgIpc) is 2.77. The number of carbonyl (C=O) groups is 1. The molecule has 1 rings (SSSR count). The van der Waals surface area contributed by atoms with Gasteiger partial charge in [0.2, 0.25) is 0 Å². The van der Waals surface area contributed by atoms with Crippen molar-refractivity contribution in [3.05, 3.63) is 5.82 Å². The molecule has 7 nitrogen and oxygen atoms in total. The minimum absolute atomic E-state index is 0.00188. The lowest BCUT2D eigenvalue weighted by atomic mass is 10.2. The van der Waals surface area contributed by atoms with E-state index in [1.165, 1.54) is 0 Å². The molecule has 0 atom stereocenters. The second kappa shape index (κ2) is 7.07. The quantitative estimate of drug-likeness (QED) is 0.713. The zero-order valence-electron chi connectivity index (χ0n) is 11.7. The Hall–Kier alpha value is -1.09. The molecule has 0 saturated carbocycles. The van der Waals surface area contributed by atoms with Crippen LogP contribution in [-0.2, 0) is 21.2 Å². The second-order valence-electron chi connectivity index (χ2n) is 4.57. The molecule has 0 aliphatic carbocycles. The Bertz CT molecular complexity index is 566. The van der Waals surface area contributed by atoms with Crippen LogP contribution in [0, 0.1) is 0 Å². The molecule has 0 aliphatic heterocycles. The number of aromatic nitrogens is 3. The molecule has 0 radical (unpaired) electrons. The van der Waals surface area contributed by atoms with Gasteiger partial charge in [0.1, 0.15) is 5.82 Å².